The second-order valence-corrected chi connectivity index (χ2v) is 10.3. The van der Waals surface area contributed by atoms with E-state index in [9.17, 15) is 14.4 Å². The van der Waals surface area contributed by atoms with E-state index < -0.39 is 23.5 Å². The number of hydrogen-bond acceptors (Lipinski definition) is 4. The number of amides is 2. The quantitative estimate of drug-likeness (QED) is 0.275. The van der Waals surface area contributed by atoms with Crippen LogP contribution in [-0.2, 0) is 20.9 Å². The Kier molecular flexibility index (Phi) is 8.36. The third kappa shape index (κ3) is 6.28. The van der Waals surface area contributed by atoms with Gasteiger partial charge in [0.1, 0.15) is 11.7 Å². The van der Waals surface area contributed by atoms with Gasteiger partial charge < -0.3 is 19.9 Å². The highest BCUT2D eigenvalue weighted by Gasteiger charge is 2.36. The average Bonchev–Trinajstić information content (AvgIpc) is 3.12. The van der Waals surface area contributed by atoms with Gasteiger partial charge in [0.2, 0.25) is 12.3 Å². The number of nitrogens with one attached hydrogen (secondary N) is 2. The third-order valence-corrected chi connectivity index (χ3v) is 5.96. The number of aromatic amines is 1. The molecule has 186 valence electrons. The van der Waals surface area contributed by atoms with Crippen LogP contribution in [-0.4, -0.2) is 40.3 Å². The van der Waals surface area contributed by atoms with E-state index in [4.69, 9.17) is 39.5 Å². The Hall–Kier alpha value is -2.74. The zero-order chi connectivity index (χ0) is 25.9. The molecule has 0 saturated heterocycles. The zero-order valence-electron chi connectivity index (χ0n) is 19.7. The molecule has 35 heavy (non-hydrogen) atoms. The predicted molar refractivity (Wildman–Crippen MR) is 138 cm³/mol. The second kappa shape index (κ2) is 10.9. The molecule has 3 rings (SSSR count). The van der Waals surface area contributed by atoms with Gasteiger partial charge in [-0.3, -0.25) is 9.59 Å². The highest BCUT2D eigenvalue weighted by atomic mass is 35.5. The van der Waals surface area contributed by atoms with Crippen LogP contribution < -0.4 is 5.32 Å². The lowest BCUT2D eigenvalue weighted by atomic mass is 9.98. The van der Waals surface area contributed by atoms with Gasteiger partial charge in [0.25, 0.3) is 0 Å². The molecular formula is C25H26Cl3N3O4. The summed E-state index contributed by atoms with van der Waals surface area (Å²) >= 11 is 18.5. The summed E-state index contributed by atoms with van der Waals surface area (Å²) in [6.45, 7) is 7.27. The Balaban J connectivity index is 2.23. The summed E-state index contributed by atoms with van der Waals surface area (Å²) in [5, 5.41) is 4.70. The first kappa shape index (κ1) is 26.9. The topological polar surface area (TPSA) is 91.5 Å². The number of benzene rings is 2. The van der Waals surface area contributed by atoms with Crippen molar-refractivity contribution >= 4 is 64.0 Å². The van der Waals surface area contributed by atoms with E-state index in [0.717, 1.165) is 0 Å². The fraction of sp³-hybridized carbons (Fsp3) is 0.320. The number of ether oxygens (including phenoxy) is 1. The molecule has 1 atom stereocenters. The van der Waals surface area contributed by atoms with Crippen molar-refractivity contribution in [2.24, 2.45) is 0 Å². The van der Waals surface area contributed by atoms with Crippen LogP contribution in [0.1, 0.15) is 55.4 Å². The highest BCUT2D eigenvalue weighted by molar-refractivity contribution is 6.35. The molecule has 7 nitrogen and oxygen atoms in total. The molecule has 0 saturated carbocycles. The van der Waals surface area contributed by atoms with E-state index in [1.165, 1.54) is 4.90 Å². The first-order chi connectivity index (χ1) is 16.4. The smallest absolute Gasteiger partial charge is 0.355 e. The van der Waals surface area contributed by atoms with Crippen molar-refractivity contribution in [1.82, 2.24) is 15.2 Å². The lowest BCUT2D eigenvalue weighted by molar-refractivity contribution is -0.134. The molecule has 0 aliphatic carbocycles. The number of nitrogens with zero attached hydrogens (tertiary/aromatic N) is 1. The molecule has 3 aromatic rings. The van der Waals surface area contributed by atoms with Crippen LogP contribution in [0, 0.1) is 0 Å². The van der Waals surface area contributed by atoms with Crippen LogP contribution in [0.3, 0.4) is 0 Å². The Morgan fingerprint density at radius 3 is 2.37 bits per heavy atom. The summed E-state index contributed by atoms with van der Waals surface area (Å²) in [5.74, 6) is -1.13. The number of rotatable bonds is 8. The second-order valence-electron chi connectivity index (χ2n) is 8.98. The van der Waals surface area contributed by atoms with E-state index in [2.05, 4.69) is 10.3 Å². The van der Waals surface area contributed by atoms with Crippen LogP contribution >= 0.6 is 34.8 Å². The largest absolute Gasteiger partial charge is 0.461 e. The van der Waals surface area contributed by atoms with Crippen molar-refractivity contribution in [1.29, 1.82) is 0 Å². The molecule has 0 aliphatic rings. The minimum Gasteiger partial charge on any atom is -0.461 e. The van der Waals surface area contributed by atoms with Crippen LogP contribution in [0.5, 0.6) is 0 Å². The van der Waals surface area contributed by atoms with Crippen molar-refractivity contribution in [3.05, 3.63) is 68.3 Å². The first-order valence-electron chi connectivity index (χ1n) is 10.9. The first-order valence-corrected chi connectivity index (χ1v) is 12.0. The number of halogens is 3. The molecule has 2 aromatic carbocycles. The van der Waals surface area contributed by atoms with Crippen molar-refractivity contribution in [2.75, 3.05) is 6.61 Å². The Morgan fingerprint density at radius 1 is 1.11 bits per heavy atom. The third-order valence-electron chi connectivity index (χ3n) is 5.14. The summed E-state index contributed by atoms with van der Waals surface area (Å²) in [5.41, 5.74) is 0.861. The van der Waals surface area contributed by atoms with Gasteiger partial charge in [0, 0.05) is 43.6 Å². The molecule has 0 fully saturated rings. The number of aromatic nitrogens is 1. The molecule has 1 aromatic heterocycles. The molecule has 0 aliphatic heterocycles. The molecule has 1 heterocycles. The van der Waals surface area contributed by atoms with Gasteiger partial charge in [-0.05, 0) is 57.5 Å². The number of H-pyrrole nitrogens is 1. The number of carbonyl (C=O) groups excluding carboxylic acids is 3. The minimum absolute atomic E-state index is 0.00966. The maximum atomic E-state index is 13.7. The molecular weight excluding hydrogens is 513 g/mol. The van der Waals surface area contributed by atoms with E-state index >= 15 is 0 Å². The van der Waals surface area contributed by atoms with Gasteiger partial charge in [-0.25, -0.2) is 4.79 Å². The summed E-state index contributed by atoms with van der Waals surface area (Å²) < 4.78 is 5.25. The van der Waals surface area contributed by atoms with Gasteiger partial charge >= 0.3 is 5.97 Å². The van der Waals surface area contributed by atoms with Crippen LogP contribution in [0.25, 0.3) is 10.9 Å². The summed E-state index contributed by atoms with van der Waals surface area (Å²) in [6, 6.07) is 8.69. The Bertz CT molecular complexity index is 1270. The minimum atomic E-state index is -1.19. The lowest BCUT2D eigenvalue weighted by Gasteiger charge is -2.31. The van der Waals surface area contributed by atoms with Gasteiger partial charge in [-0.15, -0.1) is 0 Å². The summed E-state index contributed by atoms with van der Waals surface area (Å²) in [6.07, 6.45) is 0.557. The van der Waals surface area contributed by atoms with Crippen LogP contribution in [0.4, 0.5) is 0 Å². The number of esters is 1. The lowest BCUT2D eigenvalue weighted by Crippen LogP contribution is -2.47. The number of fused-ring (bicyclic) bond motifs is 1. The standard InChI is InChI=1S/C25H26Cl3N3O4/c1-5-35-24(34)21-20(17-9-8-16(27)11-19(17)29-21)22(23(33)30-25(2,3)4)31(13-32)12-14-6-7-15(26)10-18(14)28/h6-11,13,22,29H,5,12H2,1-4H3,(H,30,33). The molecule has 2 amide bonds. The van der Waals surface area contributed by atoms with Crippen molar-refractivity contribution < 1.29 is 19.1 Å². The maximum Gasteiger partial charge on any atom is 0.355 e. The van der Waals surface area contributed by atoms with Gasteiger partial charge in [0.15, 0.2) is 0 Å². The SMILES string of the molecule is CCOC(=O)c1[nH]c2cc(Cl)ccc2c1C(C(=O)NC(C)(C)C)N(C=O)Cc1ccc(Cl)cc1Cl. The summed E-state index contributed by atoms with van der Waals surface area (Å²) in [4.78, 5) is 43.3. The average molecular weight is 539 g/mol. The van der Waals surface area contributed by atoms with Crippen molar-refractivity contribution in [2.45, 2.75) is 45.8 Å². The predicted octanol–water partition coefficient (Wildman–Crippen LogP) is 5.92. The van der Waals surface area contributed by atoms with E-state index in [-0.39, 0.29) is 18.8 Å². The van der Waals surface area contributed by atoms with E-state index in [0.29, 0.717) is 43.5 Å². The van der Waals surface area contributed by atoms with E-state index in [1.807, 2.05) is 20.8 Å². The Morgan fingerprint density at radius 2 is 1.77 bits per heavy atom. The van der Waals surface area contributed by atoms with E-state index in [1.54, 1.807) is 43.3 Å². The molecule has 1 unspecified atom stereocenters. The van der Waals surface area contributed by atoms with Crippen molar-refractivity contribution in [3.8, 4) is 0 Å². The fourth-order valence-corrected chi connectivity index (χ4v) is 4.40. The molecule has 0 radical (unpaired) electrons. The zero-order valence-corrected chi connectivity index (χ0v) is 22.0. The monoisotopic (exact) mass is 537 g/mol. The summed E-state index contributed by atoms with van der Waals surface area (Å²) in [7, 11) is 0. The molecule has 0 spiro atoms. The fourth-order valence-electron chi connectivity index (χ4n) is 3.76. The highest BCUT2D eigenvalue weighted by Crippen LogP contribution is 2.35. The maximum absolute atomic E-state index is 13.7. The number of hydrogen-bond donors (Lipinski definition) is 2. The van der Waals surface area contributed by atoms with Gasteiger partial charge in [0.05, 0.1) is 6.61 Å². The Labute approximate surface area is 218 Å². The van der Waals surface area contributed by atoms with Crippen LogP contribution in [0.15, 0.2) is 36.4 Å². The van der Waals surface area contributed by atoms with Crippen molar-refractivity contribution in [3.63, 3.8) is 0 Å². The van der Waals surface area contributed by atoms with Gasteiger partial charge in [-0.1, -0.05) is 46.9 Å². The number of carbonyl (C=O) groups is 3. The molecule has 0 bridgehead atoms. The molecule has 10 heteroatoms. The molecule has 2 N–H and O–H groups in total. The van der Waals surface area contributed by atoms with Crippen LogP contribution in [0.2, 0.25) is 15.1 Å². The van der Waals surface area contributed by atoms with Gasteiger partial charge in [-0.2, -0.15) is 0 Å². The normalized spacial score (nSPS) is 12.3.